The minimum atomic E-state index is -0.993. The average Bonchev–Trinajstić information content (AvgIpc) is 3.08. The van der Waals surface area contributed by atoms with Crippen LogP contribution in [0.3, 0.4) is 0 Å². The molecule has 0 bridgehead atoms. The largest absolute Gasteiger partial charge is 0.478 e. The molecule has 4 atom stereocenters. The third kappa shape index (κ3) is 6.86. The lowest BCUT2D eigenvalue weighted by Gasteiger charge is -2.34. The molecule has 1 N–H and O–H groups in total. The van der Waals surface area contributed by atoms with Gasteiger partial charge in [-0.15, -0.1) is 0 Å². The molecule has 1 fully saturated rings. The molecule has 1 saturated carbocycles. The SMILES string of the molecule is CC1CCC(Oc2cc(C(=O)O)ccn2)CC1CCC(=O)c1ccccc1CC1CC[N+](C)=CC=N1. The van der Waals surface area contributed by atoms with E-state index in [9.17, 15) is 14.7 Å². The summed E-state index contributed by atoms with van der Waals surface area (Å²) in [6, 6.07) is 11.1. The third-order valence-corrected chi connectivity index (χ3v) is 7.53. The first kappa shape index (κ1) is 25.7. The van der Waals surface area contributed by atoms with Gasteiger partial charge in [-0.25, -0.2) is 14.4 Å². The third-order valence-electron chi connectivity index (χ3n) is 7.53. The fraction of sp³-hybridized carbons (Fsp3) is 0.483. The van der Waals surface area contributed by atoms with Crippen molar-refractivity contribution in [3.63, 3.8) is 0 Å². The molecule has 36 heavy (non-hydrogen) atoms. The number of hydrogen-bond donors (Lipinski definition) is 1. The quantitative estimate of drug-likeness (QED) is 0.405. The summed E-state index contributed by atoms with van der Waals surface area (Å²) in [6.45, 7) is 3.21. The first-order valence-corrected chi connectivity index (χ1v) is 12.9. The summed E-state index contributed by atoms with van der Waals surface area (Å²) < 4.78 is 8.20. The maximum atomic E-state index is 13.3. The van der Waals surface area contributed by atoms with Gasteiger partial charge < -0.3 is 9.84 Å². The Hall–Kier alpha value is -3.35. The second-order valence-corrected chi connectivity index (χ2v) is 10.2. The predicted octanol–water partition coefficient (Wildman–Crippen LogP) is 4.73. The molecule has 190 valence electrons. The van der Waals surface area contributed by atoms with Crippen molar-refractivity contribution in [1.82, 2.24) is 4.98 Å². The molecule has 2 aromatic rings. The van der Waals surface area contributed by atoms with Crippen LogP contribution in [0.5, 0.6) is 5.88 Å². The number of benzene rings is 1. The van der Waals surface area contributed by atoms with E-state index < -0.39 is 5.97 Å². The fourth-order valence-corrected chi connectivity index (χ4v) is 5.27. The molecule has 1 aromatic heterocycles. The number of aliphatic imine (C=N–C) groups is 1. The summed E-state index contributed by atoms with van der Waals surface area (Å²) in [6.07, 6.45) is 11.2. The Labute approximate surface area is 212 Å². The molecule has 2 aliphatic rings. The van der Waals surface area contributed by atoms with Gasteiger partial charge in [0.05, 0.1) is 17.8 Å². The van der Waals surface area contributed by atoms with Crippen LogP contribution in [0.15, 0.2) is 47.6 Å². The molecule has 1 aliphatic heterocycles. The van der Waals surface area contributed by atoms with Gasteiger partial charge in [0.15, 0.2) is 12.0 Å². The number of nitrogens with zero attached hydrogens (tertiary/aromatic N) is 3. The number of aromatic nitrogens is 1. The van der Waals surface area contributed by atoms with E-state index >= 15 is 0 Å². The highest BCUT2D eigenvalue weighted by molar-refractivity contribution is 6.13. The van der Waals surface area contributed by atoms with Crippen LogP contribution in [0.2, 0.25) is 0 Å². The lowest BCUT2D eigenvalue weighted by atomic mass is 9.76. The summed E-state index contributed by atoms with van der Waals surface area (Å²) in [5.74, 6) is 0.439. The topological polar surface area (TPSA) is 91.9 Å². The Bertz CT molecular complexity index is 1140. The summed E-state index contributed by atoms with van der Waals surface area (Å²) in [7, 11) is 2.05. The van der Waals surface area contributed by atoms with Crippen molar-refractivity contribution in [3.8, 4) is 5.88 Å². The van der Waals surface area contributed by atoms with E-state index in [0.29, 0.717) is 24.1 Å². The number of Topliss-reactive ketones (excluding diaryl/α,β-unsaturated/α-hetero) is 1. The van der Waals surface area contributed by atoms with E-state index in [0.717, 1.165) is 56.2 Å². The lowest BCUT2D eigenvalue weighted by molar-refractivity contribution is -0.491. The van der Waals surface area contributed by atoms with Crippen LogP contribution in [-0.4, -0.2) is 64.6 Å². The van der Waals surface area contributed by atoms with Crippen molar-refractivity contribution in [2.45, 2.75) is 64.0 Å². The molecule has 4 unspecified atom stereocenters. The Kier molecular flexibility index (Phi) is 8.62. The Morgan fingerprint density at radius 1 is 1.17 bits per heavy atom. The number of ketones is 1. The summed E-state index contributed by atoms with van der Waals surface area (Å²) in [4.78, 5) is 33.4. The van der Waals surface area contributed by atoms with Gasteiger partial charge in [-0.1, -0.05) is 31.2 Å². The van der Waals surface area contributed by atoms with Crippen molar-refractivity contribution in [1.29, 1.82) is 0 Å². The number of carboxylic acids is 1. The van der Waals surface area contributed by atoms with Crippen LogP contribution in [0.4, 0.5) is 0 Å². The van der Waals surface area contributed by atoms with Gasteiger partial charge in [0.25, 0.3) is 0 Å². The second kappa shape index (κ2) is 12.1. The van der Waals surface area contributed by atoms with Gasteiger partial charge in [0, 0.05) is 30.7 Å². The molecule has 0 radical (unpaired) electrons. The lowest BCUT2D eigenvalue weighted by Crippen LogP contribution is -2.31. The van der Waals surface area contributed by atoms with E-state index in [-0.39, 0.29) is 23.5 Å². The first-order chi connectivity index (χ1) is 17.4. The van der Waals surface area contributed by atoms with Crippen LogP contribution in [0.1, 0.15) is 71.7 Å². The van der Waals surface area contributed by atoms with Gasteiger partial charge in [-0.2, -0.15) is 0 Å². The molecule has 0 saturated heterocycles. The zero-order valence-electron chi connectivity index (χ0n) is 21.2. The molecular weight excluding hydrogens is 454 g/mol. The Balaban J connectivity index is 1.35. The minimum Gasteiger partial charge on any atom is -0.478 e. The number of ether oxygens (including phenoxy) is 1. The molecule has 1 aromatic carbocycles. The zero-order valence-corrected chi connectivity index (χ0v) is 21.2. The molecule has 0 spiro atoms. The molecule has 1 aliphatic carbocycles. The highest BCUT2D eigenvalue weighted by atomic mass is 16.5. The monoisotopic (exact) mass is 490 g/mol. The van der Waals surface area contributed by atoms with Gasteiger partial charge >= 0.3 is 5.97 Å². The number of hydrogen-bond acceptors (Lipinski definition) is 5. The maximum Gasteiger partial charge on any atom is 0.335 e. The van der Waals surface area contributed by atoms with Crippen molar-refractivity contribution < 1.29 is 24.0 Å². The predicted molar refractivity (Wildman–Crippen MR) is 140 cm³/mol. The van der Waals surface area contributed by atoms with Crippen molar-refractivity contribution >= 4 is 24.2 Å². The number of aromatic carboxylic acids is 1. The summed E-state index contributed by atoms with van der Waals surface area (Å²) in [5, 5.41) is 9.22. The van der Waals surface area contributed by atoms with Gasteiger partial charge in [0.2, 0.25) is 5.88 Å². The number of pyridine rings is 1. The van der Waals surface area contributed by atoms with Crippen LogP contribution in [-0.2, 0) is 6.42 Å². The number of carbonyl (C=O) groups excluding carboxylic acids is 1. The maximum absolute atomic E-state index is 13.3. The van der Waals surface area contributed by atoms with Gasteiger partial charge in [-0.05, 0) is 55.6 Å². The average molecular weight is 491 g/mol. The smallest absolute Gasteiger partial charge is 0.335 e. The highest BCUT2D eigenvalue weighted by Gasteiger charge is 2.30. The van der Waals surface area contributed by atoms with Crippen LogP contribution in [0, 0.1) is 11.8 Å². The van der Waals surface area contributed by atoms with Crippen LogP contribution >= 0.6 is 0 Å². The van der Waals surface area contributed by atoms with Crippen LogP contribution < -0.4 is 4.74 Å². The second-order valence-electron chi connectivity index (χ2n) is 10.2. The minimum absolute atomic E-state index is 0.0202. The van der Waals surface area contributed by atoms with E-state index in [2.05, 4.69) is 34.6 Å². The molecule has 7 nitrogen and oxygen atoms in total. The van der Waals surface area contributed by atoms with E-state index in [1.807, 2.05) is 30.6 Å². The zero-order chi connectivity index (χ0) is 25.5. The molecule has 4 rings (SSSR count). The molecule has 7 heteroatoms. The van der Waals surface area contributed by atoms with Crippen LogP contribution in [0.25, 0.3) is 0 Å². The van der Waals surface area contributed by atoms with Crippen molar-refractivity contribution in [3.05, 3.63) is 59.3 Å². The van der Waals surface area contributed by atoms with E-state index in [1.165, 1.54) is 18.3 Å². The Morgan fingerprint density at radius 2 is 2.00 bits per heavy atom. The summed E-state index contributed by atoms with van der Waals surface area (Å²) in [5.41, 5.74) is 2.07. The molecular formula is C29H36N3O4+. The van der Waals surface area contributed by atoms with Crippen molar-refractivity contribution in [2.75, 3.05) is 13.6 Å². The Morgan fingerprint density at radius 3 is 2.83 bits per heavy atom. The van der Waals surface area contributed by atoms with Gasteiger partial charge in [0.1, 0.15) is 19.7 Å². The normalized spacial score (nSPS) is 24.0. The summed E-state index contributed by atoms with van der Waals surface area (Å²) >= 11 is 0. The first-order valence-electron chi connectivity index (χ1n) is 12.9. The van der Waals surface area contributed by atoms with E-state index in [1.54, 1.807) is 0 Å². The molecule has 2 heterocycles. The molecule has 0 amide bonds. The van der Waals surface area contributed by atoms with E-state index in [4.69, 9.17) is 4.74 Å². The number of carboxylic acid groups (broad SMARTS) is 1. The fourth-order valence-electron chi connectivity index (χ4n) is 5.27. The number of rotatable bonds is 9. The highest BCUT2D eigenvalue weighted by Crippen LogP contribution is 2.35. The van der Waals surface area contributed by atoms with Gasteiger partial charge in [-0.3, -0.25) is 9.79 Å². The standard InChI is InChI=1S/C29H35N3O4/c1-20-7-9-25(36-28-19-23(29(34)35)11-13-31-28)18-21(20)8-10-27(33)26-6-4-3-5-22(26)17-24-12-15-32(2)16-14-30-24/h3-6,11,13-14,16,19-21,24-25H,7-10,12,15,17-18H2,1-2H3/p+1. The van der Waals surface area contributed by atoms with Crippen molar-refractivity contribution in [2.24, 2.45) is 16.8 Å². The number of carbonyl (C=O) groups is 2.